The van der Waals surface area contributed by atoms with E-state index in [0.29, 0.717) is 6.29 Å². The molecule has 0 N–H and O–H groups in total. The molecule has 0 aliphatic rings. The number of nitrogens with zero attached hydrogens (tertiary/aromatic N) is 1. The largest absolute Gasteiger partial charge is 0.445 e. The number of ether oxygens (including phenoxy) is 1. The Morgan fingerprint density at radius 1 is 1.44 bits per heavy atom. The highest BCUT2D eigenvalue weighted by Gasteiger charge is 2.08. The molecule has 0 bridgehead atoms. The minimum absolute atomic E-state index is 0.0396. The summed E-state index contributed by atoms with van der Waals surface area (Å²) in [5.74, 6) is 0. The van der Waals surface area contributed by atoms with E-state index in [1.54, 1.807) is 12.2 Å². The van der Waals surface area contributed by atoms with Gasteiger partial charge in [-0.2, -0.15) is 0 Å². The Hall–Kier alpha value is -1.84. The van der Waals surface area contributed by atoms with E-state index < -0.39 is 6.09 Å². The Morgan fingerprint density at radius 2 is 2.12 bits per heavy atom. The first kappa shape index (κ1) is 14.2. The molecular formula is C12H17NO3. The van der Waals surface area contributed by atoms with E-state index in [2.05, 4.69) is 6.58 Å². The molecule has 0 spiro atoms. The first-order valence-electron chi connectivity index (χ1n) is 4.88. The zero-order valence-electron chi connectivity index (χ0n) is 9.68. The normalized spacial score (nSPS) is 11.2. The number of amides is 1. The highest BCUT2D eigenvalue weighted by molar-refractivity contribution is 5.71. The molecule has 0 aromatic carbocycles. The molecule has 0 aromatic rings. The average molecular weight is 223 g/mol. The van der Waals surface area contributed by atoms with E-state index in [1.807, 2.05) is 19.1 Å². The molecule has 0 aliphatic carbocycles. The van der Waals surface area contributed by atoms with Gasteiger partial charge in [-0.1, -0.05) is 30.9 Å². The number of carbonyl (C=O) groups is 2. The maximum Gasteiger partial charge on any atom is 0.410 e. The third-order valence-corrected chi connectivity index (χ3v) is 1.71. The van der Waals surface area contributed by atoms with Crippen LogP contribution in [0.25, 0.3) is 0 Å². The van der Waals surface area contributed by atoms with Gasteiger partial charge in [0.15, 0.2) is 0 Å². The summed E-state index contributed by atoms with van der Waals surface area (Å²) in [6.07, 6.45) is 7.22. The van der Waals surface area contributed by atoms with Crippen LogP contribution in [-0.4, -0.2) is 37.5 Å². The Kier molecular flexibility index (Phi) is 7.49. The van der Waals surface area contributed by atoms with Crippen LogP contribution in [0.1, 0.15) is 6.92 Å². The Morgan fingerprint density at radius 3 is 2.69 bits per heavy atom. The summed E-state index contributed by atoms with van der Waals surface area (Å²) < 4.78 is 4.95. The molecule has 16 heavy (non-hydrogen) atoms. The van der Waals surface area contributed by atoms with Crippen LogP contribution in [0.5, 0.6) is 0 Å². The molecule has 0 saturated carbocycles. The van der Waals surface area contributed by atoms with Gasteiger partial charge in [0.1, 0.15) is 12.9 Å². The van der Waals surface area contributed by atoms with Crippen molar-refractivity contribution in [1.29, 1.82) is 0 Å². The van der Waals surface area contributed by atoms with Crippen LogP contribution in [0.3, 0.4) is 0 Å². The molecule has 4 heteroatoms. The number of allylic oxidation sites excluding steroid dienone is 4. The summed E-state index contributed by atoms with van der Waals surface area (Å²) >= 11 is 0. The second kappa shape index (κ2) is 8.47. The number of hydrogen-bond donors (Lipinski definition) is 0. The van der Waals surface area contributed by atoms with E-state index in [4.69, 9.17) is 4.74 Å². The number of aldehydes is 1. The van der Waals surface area contributed by atoms with Gasteiger partial charge in [0.25, 0.3) is 0 Å². The molecule has 0 aromatic heterocycles. The second-order valence-corrected chi connectivity index (χ2v) is 3.24. The lowest BCUT2D eigenvalue weighted by Crippen LogP contribution is -2.29. The molecule has 0 aliphatic heterocycles. The first-order valence-corrected chi connectivity index (χ1v) is 4.88. The molecule has 0 saturated heterocycles. The summed E-state index contributed by atoms with van der Waals surface area (Å²) in [5, 5.41) is 0. The summed E-state index contributed by atoms with van der Waals surface area (Å²) in [4.78, 5) is 22.6. The molecule has 4 nitrogen and oxygen atoms in total. The van der Waals surface area contributed by atoms with Crippen molar-refractivity contribution in [2.24, 2.45) is 0 Å². The third kappa shape index (κ3) is 6.59. The molecule has 1 amide bonds. The quantitative estimate of drug-likeness (QED) is 0.510. The molecule has 88 valence electrons. The van der Waals surface area contributed by atoms with Gasteiger partial charge in [0.05, 0.1) is 6.54 Å². The van der Waals surface area contributed by atoms with Gasteiger partial charge < -0.3 is 14.4 Å². The molecular weight excluding hydrogens is 206 g/mol. The summed E-state index contributed by atoms with van der Waals surface area (Å²) in [6, 6.07) is 0. The fourth-order valence-electron chi connectivity index (χ4n) is 0.819. The van der Waals surface area contributed by atoms with Gasteiger partial charge in [-0.3, -0.25) is 0 Å². The van der Waals surface area contributed by atoms with Gasteiger partial charge in [0, 0.05) is 7.05 Å². The number of carbonyl (C=O) groups excluding carboxylic acids is 2. The second-order valence-electron chi connectivity index (χ2n) is 3.24. The number of rotatable bonds is 6. The van der Waals surface area contributed by atoms with Crippen LogP contribution in [0.15, 0.2) is 36.5 Å². The van der Waals surface area contributed by atoms with Crippen LogP contribution in [0, 0.1) is 0 Å². The fraction of sp³-hybridized carbons (Fsp3) is 0.333. The van der Waals surface area contributed by atoms with Crippen LogP contribution in [-0.2, 0) is 9.53 Å². The maximum atomic E-state index is 11.3. The standard InChI is InChI=1S/C12H17NO3/c1-4-5-6-7-11(2)10-16-12(15)13(3)8-9-14/h4-7,9H,1,8,10H2,2-3H3/b6-5-,11-7+. The van der Waals surface area contributed by atoms with E-state index in [0.717, 1.165) is 5.57 Å². The number of hydrogen-bond acceptors (Lipinski definition) is 3. The van der Waals surface area contributed by atoms with E-state index in [1.165, 1.54) is 11.9 Å². The van der Waals surface area contributed by atoms with E-state index in [9.17, 15) is 9.59 Å². The predicted molar refractivity (Wildman–Crippen MR) is 63.1 cm³/mol. The Bertz CT molecular complexity index is 305. The average Bonchev–Trinajstić information content (AvgIpc) is 2.26. The van der Waals surface area contributed by atoms with Crippen molar-refractivity contribution in [3.8, 4) is 0 Å². The third-order valence-electron chi connectivity index (χ3n) is 1.71. The molecule has 0 fully saturated rings. The lowest BCUT2D eigenvalue weighted by molar-refractivity contribution is -0.108. The minimum atomic E-state index is -0.507. The van der Waals surface area contributed by atoms with E-state index >= 15 is 0 Å². The van der Waals surface area contributed by atoms with Crippen LogP contribution in [0.4, 0.5) is 4.79 Å². The van der Waals surface area contributed by atoms with Gasteiger partial charge in [-0.15, -0.1) is 0 Å². The van der Waals surface area contributed by atoms with Gasteiger partial charge in [-0.25, -0.2) is 4.79 Å². The summed E-state index contributed by atoms with van der Waals surface area (Å²) in [6.45, 7) is 5.63. The van der Waals surface area contributed by atoms with Crippen molar-refractivity contribution in [2.45, 2.75) is 6.92 Å². The monoisotopic (exact) mass is 223 g/mol. The molecule has 0 rings (SSSR count). The van der Waals surface area contributed by atoms with Gasteiger partial charge in [-0.05, 0) is 12.5 Å². The van der Waals surface area contributed by atoms with Gasteiger partial charge >= 0.3 is 6.09 Å². The van der Waals surface area contributed by atoms with Gasteiger partial charge in [0.2, 0.25) is 0 Å². The smallest absolute Gasteiger partial charge is 0.410 e. The van der Waals surface area contributed by atoms with Crippen molar-refractivity contribution in [3.63, 3.8) is 0 Å². The van der Waals surface area contributed by atoms with E-state index in [-0.39, 0.29) is 13.2 Å². The highest BCUT2D eigenvalue weighted by Crippen LogP contribution is 1.97. The highest BCUT2D eigenvalue weighted by atomic mass is 16.6. The van der Waals surface area contributed by atoms with Crippen LogP contribution in [0.2, 0.25) is 0 Å². The van der Waals surface area contributed by atoms with Crippen molar-refractivity contribution in [1.82, 2.24) is 4.90 Å². The first-order chi connectivity index (χ1) is 7.61. The lowest BCUT2D eigenvalue weighted by atomic mass is 10.3. The minimum Gasteiger partial charge on any atom is -0.445 e. The molecule has 0 atom stereocenters. The van der Waals surface area contributed by atoms with Crippen molar-refractivity contribution < 1.29 is 14.3 Å². The zero-order valence-corrected chi connectivity index (χ0v) is 9.68. The molecule has 0 radical (unpaired) electrons. The fourth-order valence-corrected chi connectivity index (χ4v) is 0.819. The van der Waals surface area contributed by atoms with Crippen LogP contribution < -0.4 is 0 Å². The SMILES string of the molecule is C=C/C=C\C=C(/C)COC(=O)N(C)CC=O. The maximum absolute atomic E-state index is 11.3. The Balaban J connectivity index is 3.99. The van der Waals surface area contributed by atoms with Crippen molar-refractivity contribution in [3.05, 3.63) is 36.5 Å². The Labute approximate surface area is 95.9 Å². The zero-order chi connectivity index (χ0) is 12.4. The topological polar surface area (TPSA) is 46.6 Å². The number of likely N-dealkylation sites (N-methyl/N-ethyl adjacent to an activating group) is 1. The van der Waals surface area contributed by atoms with Crippen LogP contribution >= 0.6 is 0 Å². The molecule has 0 heterocycles. The predicted octanol–water partition coefficient (Wildman–Crippen LogP) is 1.94. The van der Waals surface area contributed by atoms with Crippen molar-refractivity contribution >= 4 is 12.4 Å². The van der Waals surface area contributed by atoms with Crippen molar-refractivity contribution in [2.75, 3.05) is 20.2 Å². The lowest BCUT2D eigenvalue weighted by Gasteiger charge is -2.13. The molecule has 0 unspecified atom stereocenters. The summed E-state index contributed by atoms with van der Waals surface area (Å²) in [5.41, 5.74) is 0.908. The summed E-state index contributed by atoms with van der Waals surface area (Å²) in [7, 11) is 1.51.